The van der Waals surface area contributed by atoms with E-state index in [2.05, 4.69) is 18.5 Å². The van der Waals surface area contributed by atoms with Crippen LogP contribution in [-0.4, -0.2) is 46.9 Å². The van der Waals surface area contributed by atoms with Gasteiger partial charge >= 0.3 is 6.03 Å². The molecule has 112 valence electrons. The van der Waals surface area contributed by atoms with E-state index in [4.69, 9.17) is 0 Å². The van der Waals surface area contributed by atoms with E-state index in [0.29, 0.717) is 19.6 Å². The maximum atomic E-state index is 12.0. The number of rotatable bonds is 3. The summed E-state index contributed by atoms with van der Waals surface area (Å²) in [4.78, 5) is 13.8. The van der Waals surface area contributed by atoms with Gasteiger partial charge in [-0.25, -0.2) is 4.79 Å². The fourth-order valence-corrected chi connectivity index (χ4v) is 2.42. The molecule has 0 spiro atoms. The molecule has 2 aliphatic heterocycles. The minimum absolute atomic E-state index is 0.0908. The lowest BCUT2D eigenvalue weighted by Gasteiger charge is -2.39. The van der Waals surface area contributed by atoms with Gasteiger partial charge in [0.25, 0.3) is 0 Å². The van der Waals surface area contributed by atoms with Crippen LogP contribution in [-0.2, 0) is 0 Å². The zero-order valence-electron chi connectivity index (χ0n) is 12.4. The second-order valence-electron chi connectivity index (χ2n) is 4.59. The summed E-state index contributed by atoms with van der Waals surface area (Å²) in [6.45, 7) is 13.2. The van der Waals surface area contributed by atoms with Crippen LogP contribution in [0.15, 0.2) is 36.6 Å². The van der Waals surface area contributed by atoms with Crippen molar-refractivity contribution in [3.8, 4) is 0 Å². The molecule has 0 radical (unpaired) electrons. The van der Waals surface area contributed by atoms with Gasteiger partial charge in [0.05, 0.1) is 0 Å². The van der Waals surface area contributed by atoms with Crippen molar-refractivity contribution in [3.63, 3.8) is 0 Å². The van der Waals surface area contributed by atoms with Gasteiger partial charge in [-0.05, 0) is 24.5 Å². The lowest BCUT2D eigenvalue weighted by molar-refractivity contribution is -0.113. The first kappa shape index (κ1) is 16.5. The van der Waals surface area contributed by atoms with Crippen molar-refractivity contribution in [2.24, 2.45) is 0 Å². The van der Waals surface area contributed by atoms with Crippen LogP contribution in [0.5, 0.6) is 0 Å². The molecule has 20 heavy (non-hydrogen) atoms. The molecule has 1 fully saturated rings. The van der Waals surface area contributed by atoms with Crippen LogP contribution in [0.25, 0.3) is 0 Å². The Kier molecular flexibility index (Phi) is 6.48. The van der Waals surface area contributed by atoms with E-state index in [-0.39, 0.29) is 12.1 Å². The third-order valence-electron chi connectivity index (χ3n) is 3.52. The lowest BCUT2D eigenvalue weighted by atomic mass is 10.0. The molecular formula is C15H25N3O2. The Bertz CT molecular complexity index is 396. The quantitative estimate of drug-likeness (QED) is 0.834. The largest absolute Gasteiger partial charge is 0.322 e. The summed E-state index contributed by atoms with van der Waals surface area (Å²) < 4.78 is 0. The summed E-state index contributed by atoms with van der Waals surface area (Å²) in [6.07, 6.45) is 4.97. The maximum absolute atomic E-state index is 12.0. The van der Waals surface area contributed by atoms with Crippen molar-refractivity contribution in [1.82, 2.24) is 15.3 Å². The first-order valence-electron chi connectivity index (χ1n) is 7.15. The van der Waals surface area contributed by atoms with Crippen LogP contribution in [0.1, 0.15) is 26.7 Å². The monoisotopic (exact) mass is 279 g/mol. The molecule has 0 bridgehead atoms. The van der Waals surface area contributed by atoms with E-state index in [1.54, 1.807) is 12.2 Å². The van der Waals surface area contributed by atoms with Crippen LogP contribution in [0.4, 0.5) is 4.79 Å². The van der Waals surface area contributed by atoms with E-state index >= 15 is 0 Å². The highest BCUT2D eigenvalue weighted by Crippen LogP contribution is 2.21. The molecule has 0 aliphatic carbocycles. The number of carbonyl (C=O) groups is 1. The number of piperidine rings is 1. The number of urea groups is 1. The number of nitrogens with zero attached hydrogens (tertiary/aromatic N) is 2. The van der Waals surface area contributed by atoms with E-state index in [1.807, 2.05) is 18.7 Å². The molecule has 1 saturated heterocycles. The minimum atomic E-state index is -0.0908. The van der Waals surface area contributed by atoms with Gasteiger partial charge in [-0.1, -0.05) is 33.1 Å². The molecule has 2 aliphatic rings. The average Bonchev–Trinajstić information content (AvgIpc) is 2.50. The van der Waals surface area contributed by atoms with Crippen LogP contribution >= 0.6 is 0 Å². The van der Waals surface area contributed by atoms with E-state index in [0.717, 1.165) is 24.1 Å². The summed E-state index contributed by atoms with van der Waals surface area (Å²) in [5.74, 6) is 0. The Labute approximate surface area is 121 Å². The number of hydrogen-bond acceptors (Lipinski definition) is 3. The molecule has 0 saturated carbocycles. The van der Waals surface area contributed by atoms with Crippen molar-refractivity contribution < 1.29 is 10.0 Å². The Hall–Kier alpha value is -1.59. The molecule has 0 unspecified atom stereocenters. The van der Waals surface area contributed by atoms with Crippen molar-refractivity contribution >= 4 is 6.03 Å². The highest BCUT2D eigenvalue weighted by molar-refractivity contribution is 5.79. The molecule has 2 rings (SSSR count). The summed E-state index contributed by atoms with van der Waals surface area (Å²) in [5.41, 5.74) is 1.72. The second kappa shape index (κ2) is 7.87. The highest BCUT2D eigenvalue weighted by atomic mass is 16.5. The molecular weight excluding hydrogens is 254 g/mol. The fourth-order valence-electron chi connectivity index (χ4n) is 2.42. The van der Waals surface area contributed by atoms with Crippen molar-refractivity contribution in [2.75, 3.05) is 19.6 Å². The second-order valence-corrected chi connectivity index (χ2v) is 4.59. The molecule has 0 aromatic heterocycles. The molecule has 2 heterocycles. The van der Waals surface area contributed by atoms with Crippen LogP contribution in [0.2, 0.25) is 0 Å². The number of hydrogen-bond donors (Lipinski definition) is 2. The molecule has 0 aromatic carbocycles. The van der Waals surface area contributed by atoms with E-state index < -0.39 is 0 Å². The molecule has 5 heteroatoms. The van der Waals surface area contributed by atoms with Gasteiger partial charge in [-0.2, -0.15) is 5.06 Å². The Balaban J connectivity index is 0.000000956. The first-order chi connectivity index (χ1) is 9.65. The minimum Gasteiger partial charge on any atom is -0.317 e. The van der Waals surface area contributed by atoms with Gasteiger partial charge in [0, 0.05) is 31.4 Å². The summed E-state index contributed by atoms with van der Waals surface area (Å²) in [6, 6.07) is 0.0848. The molecule has 5 nitrogen and oxygen atoms in total. The number of hydroxylamine groups is 2. The normalized spacial score (nSPS) is 20.9. The predicted octanol–water partition coefficient (Wildman–Crippen LogP) is 2.52. The Morgan fingerprint density at radius 2 is 1.85 bits per heavy atom. The smallest absolute Gasteiger partial charge is 0.317 e. The molecule has 0 aromatic rings. The van der Waals surface area contributed by atoms with Crippen molar-refractivity contribution in [3.05, 3.63) is 36.6 Å². The zero-order chi connectivity index (χ0) is 15.1. The van der Waals surface area contributed by atoms with Gasteiger partial charge in [0.1, 0.15) is 0 Å². The molecule has 0 atom stereocenters. The van der Waals surface area contributed by atoms with Crippen molar-refractivity contribution in [2.45, 2.75) is 32.7 Å². The van der Waals surface area contributed by atoms with Gasteiger partial charge in [0.2, 0.25) is 0 Å². The number of nitrogens with one attached hydrogen (secondary N) is 1. The third kappa shape index (κ3) is 3.71. The number of amides is 2. The molecule has 2 amide bonds. The van der Waals surface area contributed by atoms with E-state index in [9.17, 15) is 10.0 Å². The fraction of sp³-hybridized carbons (Fsp3) is 0.533. The summed E-state index contributed by atoms with van der Waals surface area (Å²) in [5, 5.41) is 13.5. The summed E-state index contributed by atoms with van der Waals surface area (Å²) in [7, 11) is 0. The number of carbonyl (C=O) groups excluding carboxylic acids is 1. The van der Waals surface area contributed by atoms with Gasteiger partial charge in [0.15, 0.2) is 0 Å². The summed E-state index contributed by atoms with van der Waals surface area (Å²) >= 11 is 0. The van der Waals surface area contributed by atoms with Crippen LogP contribution < -0.4 is 5.32 Å². The van der Waals surface area contributed by atoms with Crippen molar-refractivity contribution in [1.29, 1.82) is 0 Å². The SMILES string of the molecule is C=CC1=C(C=C)NC(=O)N(C2CCN(O)CC2)C1.CC. The van der Waals surface area contributed by atoms with Gasteiger partial charge < -0.3 is 15.4 Å². The van der Waals surface area contributed by atoms with Gasteiger partial charge in [-0.3, -0.25) is 0 Å². The lowest BCUT2D eigenvalue weighted by Crippen LogP contribution is -2.53. The first-order valence-corrected chi connectivity index (χ1v) is 7.15. The topological polar surface area (TPSA) is 55.8 Å². The van der Waals surface area contributed by atoms with Crippen LogP contribution in [0, 0.1) is 0 Å². The maximum Gasteiger partial charge on any atom is 0.322 e. The van der Waals surface area contributed by atoms with Gasteiger partial charge in [-0.15, -0.1) is 0 Å². The predicted molar refractivity (Wildman–Crippen MR) is 80.4 cm³/mol. The van der Waals surface area contributed by atoms with Crippen LogP contribution in [0.3, 0.4) is 0 Å². The van der Waals surface area contributed by atoms with E-state index in [1.165, 1.54) is 5.06 Å². The standard InChI is InChI=1S/C13H19N3O2.C2H6/c1-3-10-9-16(13(17)14-12(10)4-2)11-5-7-15(18)8-6-11;1-2/h3-4,11,18H,1-2,5-9H2,(H,14,17);1-2H3. The Morgan fingerprint density at radius 1 is 1.25 bits per heavy atom. The zero-order valence-corrected chi connectivity index (χ0v) is 12.4. The average molecular weight is 279 g/mol. The molecule has 2 N–H and O–H groups in total. The Morgan fingerprint density at radius 3 is 2.35 bits per heavy atom. The highest BCUT2D eigenvalue weighted by Gasteiger charge is 2.30. The third-order valence-corrected chi connectivity index (χ3v) is 3.52. The number of allylic oxidation sites excluding steroid dienone is 1.